The van der Waals surface area contributed by atoms with Gasteiger partial charge in [0.15, 0.2) is 10.4 Å². The first-order chi connectivity index (χ1) is 8.81. The van der Waals surface area contributed by atoms with E-state index < -0.39 is 9.84 Å². The van der Waals surface area contributed by atoms with Crippen molar-refractivity contribution >= 4 is 33.2 Å². The molecule has 1 atom stereocenters. The number of fused-ring (bicyclic) bond motifs is 1. The van der Waals surface area contributed by atoms with Crippen molar-refractivity contribution in [3.8, 4) is 5.88 Å². The lowest BCUT2D eigenvalue weighted by molar-refractivity contribution is 0.398. The monoisotopic (exact) mass is 301 g/mol. The molecule has 1 N–H and O–H groups in total. The van der Waals surface area contributed by atoms with Crippen molar-refractivity contribution in [2.75, 3.05) is 19.1 Å². The maximum absolute atomic E-state index is 11.4. The predicted molar refractivity (Wildman–Crippen MR) is 75.9 cm³/mol. The van der Waals surface area contributed by atoms with Crippen LogP contribution in [0.4, 0.5) is 0 Å². The van der Waals surface area contributed by atoms with E-state index in [1.807, 2.05) is 0 Å². The Bertz CT molecular complexity index is 761. The summed E-state index contributed by atoms with van der Waals surface area (Å²) in [5.74, 6) is 0.467. The zero-order valence-electron chi connectivity index (χ0n) is 10.9. The number of pyridine rings is 1. The standard InChI is InChI=1S/C11H15N3O3S2/c1-7(6-19(3,15)16)14-10-8(12-11(14)18)4-5-9(13-10)17-2/h4-5,7H,6H2,1-3H3,(H,12,18). The number of aromatic amines is 1. The Morgan fingerprint density at radius 2 is 2.21 bits per heavy atom. The van der Waals surface area contributed by atoms with Crippen LogP contribution in [0.3, 0.4) is 0 Å². The van der Waals surface area contributed by atoms with E-state index in [1.54, 1.807) is 23.6 Å². The molecule has 104 valence electrons. The van der Waals surface area contributed by atoms with Crippen LogP contribution in [0.15, 0.2) is 12.1 Å². The van der Waals surface area contributed by atoms with Gasteiger partial charge in [0.2, 0.25) is 5.88 Å². The van der Waals surface area contributed by atoms with E-state index in [1.165, 1.54) is 13.4 Å². The Morgan fingerprint density at radius 3 is 2.79 bits per heavy atom. The van der Waals surface area contributed by atoms with Crippen molar-refractivity contribution in [2.45, 2.75) is 13.0 Å². The van der Waals surface area contributed by atoms with E-state index in [4.69, 9.17) is 17.0 Å². The molecule has 2 aromatic heterocycles. The van der Waals surface area contributed by atoms with Gasteiger partial charge >= 0.3 is 0 Å². The third-order valence-electron chi connectivity index (χ3n) is 2.73. The van der Waals surface area contributed by atoms with E-state index >= 15 is 0 Å². The van der Waals surface area contributed by atoms with Crippen molar-refractivity contribution in [1.29, 1.82) is 0 Å². The van der Waals surface area contributed by atoms with Gasteiger partial charge < -0.3 is 9.72 Å². The second-order valence-corrected chi connectivity index (χ2v) is 7.04. The third kappa shape index (κ3) is 2.95. The molecule has 1 unspecified atom stereocenters. The second-order valence-electron chi connectivity index (χ2n) is 4.47. The average molecular weight is 301 g/mol. The average Bonchev–Trinajstić information content (AvgIpc) is 2.61. The number of rotatable bonds is 4. The van der Waals surface area contributed by atoms with Crippen molar-refractivity contribution in [3.63, 3.8) is 0 Å². The number of nitrogens with zero attached hydrogens (tertiary/aromatic N) is 2. The first-order valence-corrected chi connectivity index (χ1v) is 8.11. The van der Waals surface area contributed by atoms with Crippen molar-refractivity contribution in [2.24, 2.45) is 0 Å². The third-order valence-corrected chi connectivity index (χ3v) is 4.12. The van der Waals surface area contributed by atoms with Gasteiger partial charge in [-0.15, -0.1) is 0 Å². The first-order valence-electron chi connectivity index (χ1n) is 5.65. The fourth-order valence-electron chi connectivity index (χ4n) is 2.02. The van der Waals surface area contributed by atoms with E-state index in [9.17, 15) is 8.42 Å². The van der Waals surface area contributed by atoms with Crippen molar-refractivity contribution in [3.05, 3.63) is 16.9 Å². The molecule has 0 radical (unpaired) electrons. The maximum atomic E-state index is 11.4. The van der Waals surface area contributed by atoms with Crippen LogP contribution in [0.2, 0.25) is 0 Å². The summed E-state index contributed by atoms with van der Waals surface area (Å²) in [5, 5.41) is 0. The van der Waals surface area contributed by atoms with Gasteiger partial charge in [0.1, 0.15) is 9.84 Å². The molecule has 8 heteroatoms. The summed E-state index contributed by atoms with van der Waals surface area (Å²) in [6.07, 6.45) is 1.20. The number of imidazole rings is 1. The van der Waals surface area contributed by atoms with E-state index in [2.05, 4.69) is 9.97 Å². The Morgan fingerprint density at radius 1 is 1.53 bits per heavy atom. The highest BCUT2D eigenvalue weighted by atomic mass is 32.2. The Labute approximate surface area is 116 Å². The minimum Gasteiger partial charge on any atom is -0.481 e. The molecule has 2 rings (SSSR count). The number of H-pyrrole nitrogens is 1. The summed E-state index contributed by atoms with van der Waals surface area (Å²) >= 11 is 5.23. The molecule has 6 nitrogen and oxygen atoms in total. The molecular formula is C11H15N3O3S2. The summed E-state index contributed by atoms with van der Waals surface area (Å²) in [5.41, 5.74) is 1.35. The van der Waals surface area contributed by atoms with E-state index in [0.29, 0.717) is 16.3 Å². The van der Waals surface area contributed by atoms with Crippen LogP contribution in [0.25, 0.3) is 11.2 Å². The second kappa shape index (κ2) is 4.93. The largest absolute Gasteiger partial charge is 0.481 e. The summed E-state index contributed by atoms with van der Waals surface area (Å²) in [7, 11) is -1.56. The Hall–Kier alpha value is -1.41. The van der Waals surface area contributed by atoms with Gasteiger partial charge in [-0.3, -0.25) is 4.57 Å². The molecular weight excluding hydrogens is 286 g/mol. The molecule has 2 aromatic rings. The van der Waals surface area contributed by atoms with Crippen LogP contribution in [0.1, 0.15) is 13.0 Å². The Kier molecular flexibility index (Phi) is 3.64. The number of hydrogen-bond donors (Lipinski definition) is 1. The van der Waals surface area contributed by atoms with Gasteiger partial charge in [0.25, 0.3) is 0 Å². The number of methoxy groups -OCH3 is 1. The molecule has 0 saturated heterocycles. The normalized spacial score (nSPS) is 13.6. The highest BCUT2D eigenvalue weighted by Crippen LogP contribution is 2.21. The zero-order valence-corrected chi connectivity index (χ0v) is 12.5. The lowest BCUT2D eigenvalue weighted by atomic mass is 10.3. The molecule has 0 aliphatic rings. The van der Waals surface area contributed by atoms with Gasteiger partial charge in [-0.05, 0) is 25.2 Å². The minimum absolute atomic E-state index is 0.00709. The molecule has 0 amide bonds. The minimum atomic E-state index is -3.09. The fraction of sp³-hybridized carbons (Fsp3) is 0.455. The smallest absolute Gasteiger partial charge is 0.215 e. The Balaban J connectivity index is 2.58. The molecule has 0 aliphatic carbocycles. The summed E-state index contributed by atoms with van der Waals surface area (Å²) in [6, 6.07) is 3.23. The molecule has 2 heterocycles. The lowest BCUT2D eigenvalue weighted by Crippen LogP contribution is -2.17. The molecule has 0 saturated carbocycles. The number of ether oxygens (including phenoxy) is 1. The zero-order chi connectivity index (χ0) is 14.2. The molecule has 0 aromatic carbocycles. The molecule has 0 fully saturated rings. The predicted octanol–water partition coefficient (Wildman–Crippen LogP) is 1.71. The van der Waals surface area contributed by atoms with E-state index in [0.717, 1.165) is 5.52 Å². The summed E-state index contributed by atoms with van der Waals surface area (Å²) < 4.78 is 30.0. The highest BCUT2D eigenvalue weighted by molar-refractivity contribution is 7.90. The van der Waals surface area contributed by atoms with Crippen LogP contribution in [-0.4, -0.2) is 42.1 Å². The summed E-state index contributed by atoms with van der Waals surface area (Å²) in [6.45, 7) is 1.80. The van der Waals surface area contributed by atoms with Crippen molar-refractivity contribution in [1.82, 2.24) is 14.5 Å². The SMILES string of the molecule is COc1ccc2[nH]c(=S)n(C(C)CS(C)(=O)=O)c2n1. The fourth-order valence-corrected chi connectivity index (χ4v) is 3.42. The van der Waals surface area contributed by atoms with Crippen LogP contribution in [-0.2, 0) is 9.84 Å². The van der Waals surface area contributed by atoms with E-state index in [-0.39, 0.29) is 11.8 Å². The number of sulfone groups is 1. The van der Waals surface area contributed by atoms with Crippen LogP contribution >= 0.6 is 12.2 Å². The van der Waals surface area contributed by atoms with Gasteiger partial charge in [-0.1, -0.05) is 0 Å². The molecule has 0 spiro atoms. The number of nitrogens with one attached hydrogen (secondary N) is 1. The van der Waals surface area contributed by atoms with Gasteiger partial charge in [0, 0.05) is 18.4 Å². The van der Waals surface area contributed by atoms with Gasteiger partial charge in [0.05, 0.1) is 18.4 Å². The topological polar surface area (TPSA) is 77.0 Å². The molecule has 0 aliphatic heterocycles. The summed E-state index contributed by atoms with van der Waals surface area (Å²) in [4.78, 5) is 7.32. The van der Waals surface area contributed by atoms with Gasteiger partial charge in [-0.2, -0.15) is 4.98 Å². The van der Waals surface area contributed by atoms with Crippen LogP contribution in [0, 0.1) is 4.77 Å². The van der Waals surface area contributed by atoms with Crippen molar-refractivity contribution < 1.29 is 13.2 Å². The molecule has 19 heavy (non-hydrogen) atoms. The van der Waals surface area contributed by atoms with Gasteiger partial charge in [-0.25, -0.2) is 8.42 Å². The molecule has 0 bridgehead atoms. The van der Waals surface area contributed by atoms with Crippen LogP contribution in [0.5, 0.6) is 5.88 Å². The quantitative estimate of drug-likeness (QED) is 0.870. The first kappa shape index (κ1) is 14.0. The number of aromatic nitrogens is 3. The maximum Gasteiger partial charge on any atom is 0.215 e. The highest BCUT2D eigenvalue weighted by Gasteiger charge is 2.17. The lowest BCUT2D eigenvalue weighted by Gasteiger charge is -2.12. The number of hydrogen-bond acceptors (Lipinski definition) is 5. The van der Waals surface area contributed by atoms with Crippen LogP contribution < -0.4 is 4.74 Å².